The molecule has 0 amide bonds. The highest BCUT2D eigenvalue weighted by molar-refractivity contribution is 7.86. The van der Waals surface area contributed by atoms with Gasteiger partial charge in [-0.2, -0.15) is 17.0 Å². The summed E-state index contributed by atoms with van der Waals surface area (Å²) in [6.07, 6.45) is 2.71. The summed E-state index contributed by atoms with van der Waals surface area (Å²) < 4.78 is 34.4. The van der Waals surface area contributed by atoms with Gasteiger partial charge >= 0.3 is 0 Å². The molecule has 21 heavy (non-hydrogen) atoms. The van der Waals surface area contributed by atoms with E-state index in [1.807, 2.05) is 6.92 Å². The minimum Gasteiger partial charge on any atom is -0.378 e. The Morgan fingerprint density at radius 3 is 2.52 bits per heavy atom. The molecule has 0 spiro atoms. The van der Waals surface area contributed by atoms with Crippen LogP contribution in [0, 0.1) is 5.92 Å². The highest BCUT2D eigenvalue weighted by Gasteiger charge is 2.37. The van der Waals surface area contributed by atoms with Crippen molar-refractivity contribution in [1.29, 1.82) is 0 Å². The second-order valence-electron chi connectivity index (χ2n) is 5.91. The number of piperidine rings is 1. The van der Waals surface area contributed by atoms with Crippen LogP contribution in [0.25, 0.3) is 0 Å². The van der Waals surface area contributed by atoms with Crippen molar-refractivity contribution in [1.82, 2.24) is 13.9 Å². The Morgan fingerprint density at radius 1 is 1.19 bits per heavy atom. The maximum Gasteiger partial charge on any atom is 0.282 e. The van der Waals surface area contributed by atoms with Crippen molar-refractivity contribution in [2.75, 3.05) is 45.9 Å². The molecule has 2 heterocycles. The predicted molar refractivity (Wildman–Crippen MR) is 83.4 cm³/mol. The molecular formula is C14H29N3O3S. The minimum absolute atomic E-state index is 0.0109. The molecule has 2 aliphatic rings. The summed E-state index contributed by atoms with van der Waals surface area (Å²) in [7, 11) is -3.32. The van der Waals surface area contributed by atoms with Crippen molar-refractivity contribution in [3.8, 4) is 0 Å². The fraction of sp³-hybridized carbons (Fsp3) is 1.00. The highest BCUT2D eigenvalue weighted by atomic mass is 32.2. The average Bonchev–Trinajstić information content (AvgIpc) is 2.53. The molecule has 0 radical (unpaired) electrons. The van der Waals surface area contributed by atoms with E-state index in [0.29, 0.717) is 38.8 Å². The van der Waals surface area contributed by atoms with Gasteiger partial charge in [0.2, 0.25) is 0 Å². The van der Waals surface area contributed by atoms with Gasteiger partial charge in [-0.25, -0.2) is 0 Å². The van der Waals surface area contributed by atoms with E-state index in [0.717, 1.165) is 32.4 Å². The largest absolute Gasteiger partial charge is 0.378 e. The third-order valence-corrected chi connectivity index (χ3v) is 6.62. The molecule has 0 saturated carbocycles. The van der Waals surface area contributed by atoms with Gasteiger partial charge in [-0.05, 0) is 38.3 Å². The Kier molecular flexibility index (Phi) is 6.43. The van der Waals surface area contributed by atoms with Gasteiger partial charge in [-0.1, -0.05) is 13.8 Å². The lowest BCUT2D eigenvalue weighted by Gasteiger charge is -2.39. The molecule has 0 bridgehead atoms. The summed E-state index contributed by atoms with van der Waals surface area (Å²) in [4.78, 5) is 0. The molecule has 2 saturated heterocycles. The Hall–Kier alpha value is -0.210. The van der Waals surface area contributed by atoms with Crippen LogP contribution in [0.5, 0.6) is 0 Å². The van der Waals surface area contributed by atoms with Gasteiger partial charge in [-0.15, -0.1) is 0 Å². The lowest BCUT2D eigenvalue weighted by molar-refractivity contribution is 0.0278. The van der Waals surface area contributed by atoms with E-state index in [4.69, 9.17) is 4.74 Å². The van der Waals surface area contributed by atoms with Crippen LogP contribution in [0.2, 0.25) is 0 Å². The monoisotopic (exact) mass is 319 g/mol. The first kappa shape index (κ1) is 17.1. The first-order valence-electron chi connectivity index (χ1n) is 8.15. The topological polar surface area (TPSA) is 61.9 Å². The molecular weight excluding hydrogens is 290 g/mol. The first-order chi connectivity index (χ1) is 10.1. The summed E-state index contributed by atoms with van der Waals surface area (Å²) >= 11 is 0. The van der Waals surface area contributed by atoms with Crippen LogP contribution in [0.15, 0.2) is 0 Å². The van der Waals surface area contributed by atoms with E-state index in [1.165, 1.54) is 0 Å². The molecule has 1 atom stereocenters. The molecule has 124 valence electrons. The van der Waals surface area contributed by atoms with E-state index < -0.39 is 10.2 Å². The van der Waals surface area contributed by atoms with Crippen molar-refractivity contribution in [3.05, 3.63) is 0 Å². The summed E-state index contributed by atoms with van der Waals surface area (Å²) in [5.41, 5.74) is 0. The lowest BCUT2D eigenvalue weighted by Crippen LogP contribution is -2.55. The normalized spacial score (nSPS) is 27.0. The smallest absolute Gasteiger partial charge is 0.282 e. The van der Waals surface area contributed by atoms with Crippen LogP contribution in [0.1, 0.15) is 33.1 Å². The van der Waals surface area contributed by atoms with E-state index in [2.05, 4.69) is 12.2 Å². The van der Waals surface area contributed by atoms with Crippen molar-refractivity contribution in [2.45, 2.75) is 39.2 Å². The highest BCUT2D eigenvalue weighted by Crippen LogP contribution is 2.24. The number of hydrogen-bond donors (Lipinski definition) is 1. The van der Waals surface area contributed by atoms with Gasteiger partial charge in [0.25, 0.3) is 10.2 Å². The van der Waals surface area contributed by atoms with Crippen LogP contribution in [-0.4, -0.2) is 69.0 Å². The SMILES string of the molecule is CCNCC1CCN(S(=O)(=O)N2CCOCC2CC)CC1. The summed E-state index contributed by atoms with van der Waals surface area (Å²) in [6.45, 7) is 8.90. The average molecular weight is 319 g/mol. The summed E-state index contributed by atoms with van der Waals surface area (Å²) in [5.74, 6) is 0.600. The van der Waals surface area contributed by atoms with E-state index in [9.17, 15) is 8.42 Å². The standard InChI is InChI=1S/C14H29N3O3S/c1-3-14-12-20-10-9-17(14)21(18,19)16-7-5-13(6-8-16)11-15-4-2/h13-15H,3-12H2,1-2H3. The van der Waals surface area contributed by atoms with Crippen LogP contribution in [0.3, 0.4) is 0 Å². The van der Waals surface area contributed by atoms with Gasteiger partial charge in [0.1, 0.15) is 0 Å². The van der Waals surface area contributed by atoms with Crippen LogP contribution < -0.4 is 5.32 Å². The first-order valence-corrected chi connectivity index (χ1v) is 9.54. The molecule has 1 unspecified atom stereocenters. The van der Waals surface area contributed by atoms with Gasteiger partial charge in [0.05, 0.1) is 13.2 Å². The van der Waals surface area contributed by atoms with Crippen molar-refractivity contribution in [3.63, 3.8) is 0 Å². The number of hydrogen-bond acceptors (Lipinski definition) is 4. The number of morpholine rings is 1. The lowest BCUT2D eigenvalue weighted by atomic mass is 9.98. The quantitative estimate of drug-likeness (QED) is 0.781. The van der Waals surface area contributed by atoms with Crippen molar-refractivity contribution < 1.29 is 13.2 Å². The van der Waals surface area contributed by atoms with Crippen molar-refractivity contribution >= 4 is 10.2 Å². The zero-order valence-corrected chi connectivity index (χ0v) is 14.1. The Labute approximate surface area is 129 Å². The molecule has 1 N–H and O–H groups in total. The number of nitrogens with one attached hydrogen (secondary N) is 1. The van der Waals surface area contributed by atoms with E-state index >= 15 is 0 Å². The summed E-state index contributed by atoms with van der Waals surface area (Å²) in [5, 5.41) is 3.36. The fourth-order valence-electron chi connectivity index (χ4n) is 3.11. The molecule has 7 heteroatoms. The number of nitrogens with zero attached hydrogens (tertiary/aromatic N) is 2. The van der Waals surface area contributed by atoms with E-state index in [1.54, 1.807) is 8.61 Å². The molecule has 0 aliphatic carbocycles. The Bertz CT molecular complexity index is 408. The second-order valence-corrected chi connectivity index (χ2v) is 7.79. The molecule has 0 aromatic carbocycles. The Morgan fingerprint density at radius 2 is 1.90 bits per heavy atom. The third-order valence-electron chi connectivity index (χ3n) is 4.52. The van der Waals surface area contributed by atoms with Crippen molar-refractivity contribution in [2.24, 2.45) is 5.92 Å². The maximum absolute atomic E-state index is 12.8. The van der Waals surface area contributed by atoms with Crippen LogP contribution >= 0.6 is 0 Å². The second kappa shape index (κ2) is 7.87. The molecule has 0 aromatic heterocycles. The van der Waals surface area contributed by atoms with Crippen LogP contribution in [-0.2, 0) is 14.9 Å². The zero-order valence-electron chi connectivity index (χ0n) is 13.3. The van der Waals surface area contributed by atoms with Gasteiger partial charge in [0, 0.05) is 25.7 Å². The zero-order chi connectivity index (χ0) is 15.3. The molecule has 6 nitrogen and oxygen atoms in total. The predicted octanol–water partition coefficient (Wildman–Crippen LogP) is 0.664. The fourth-order valence-corrected chi connectivity index (χ4v) is 4.97. The third kappa shape index (κ3) is 4.16. The molecule has 2 fully saturated rings. The number of rotatable bonds is 6. The molecule has 2 rings (SSSR count). The number of ether oxygens (including phenoxy) is 1. The van der Waals surface area contributed by atoms with Gasteiger partial charge in [0.15, 0.2) is 0 Å². The van der Waals surface area contributed by atoms with Gasteiger partial charge < -0.3 is 10.1 Å². The Balaban J connectivity index is 1.94. The minimum atomic E-state index is -3.32. The maximum atomic E-state index is 12.8. The molecule has 0 aromatic rings. The van der Waals surface area contributed by atoms with Crippen LogP contribution in [0.4, 0.5) is 0 Å². The van der Waals surface area contributed by atoms with Gasteiger partial charge in [-0.3, -0.25) is 0 Å². The van der Waals surface area contributed by atoms with E-state index in [-0.39, 0.29) is 6.04 Å². The summed E-state index contributed by atoms with van der Waals surface area (Å²) in [6, 6.07) is -0.0109. The molecule has 2 aliphatic heterocycles.